The second-order valence-electron chi connectivity index (χ2n) is 1.75. The van der Waals surface area contributed by atoms with Crippen LogP contribution >= 0.6 is 0 Å². The van der Waals surface area contributed by atoms with Crippen LogP contribution in [0.25, 0.3) is 0 Å². The van der Waals surface area contributed by atoms with E-state index in [1.807, 2.05) is 0 Å². The maximum absolute atomic E-state index is 9.87. The van der Waals surface area contributed by atoms with E-state index in [-0.39, 0.29) is 0 Å². The van der Waals surface area contributed by atoms with Crippen LogP contribution in [0.2, 0.25) is 0 Å². The van der Waals surface area contributed by atoms with Gasteiger partial charge in [0.2, 0.25) is 0 Å². The standard InChI is InChI=1S/C6H12N2O/c7-4-2-1-3-6(8)5-9/h3,5H,1-2,4,7-8H2. The first-order valence-electron chi connectivity index (χ1n) is 2.92. The van der Waals surface area contributed by atoms with Crippen LogP contribution < -0.4 is 11.5 Å². The van der Waals surface area contributed by atoms with E-state index in [1.165, 1.54) is 0 Å². The second kappa shape index (κ2) is 5.31. The number of hydrogen-bond donors (Lipinski definition) is 2. The Balaban J connectivity index is 3.31. The van der Waals surface area contributed by atoms with Crippen molar-refractivity contribution in [1.29, 1.82) is 0 Å². The van der Waals surface area contributed by atoms with Gasteiger partial charge in [-0.2, -0.15) is 0 Å². The number of carbonyl (C=O) groups excluding carboxylic acids is 1. The molecule has 0 aromatic heterocycles. The highest BCUT2D eigenvalue weighted by molar-refractivity contribution is 5.71. The highest BCUT2D eigenvalue weighted by Gasteiger charge is 1.82. The van der Waals surface area contributed by atoms with Gasteiger partial charge in [-0.05, 0) is 19.4 Å². The van der Waals surface area contributed by atoms with Crippen molar-refractivity contribution in [2.75, 3.05) is 6.54 Å². The number of rotatable bonds is 4. The zero-order valence-electron chi connectivity index (χ0n) is 5.34. The number of unbranched alkanes of at least 4 members (excludes halogenated alkanes) is 1. The minimum absolute atomic E-state index is 0.295. The van der Waals surface area contributed by atoms with Gasteiger partial charge in [0.25, 0.3) is 0 Å². The van der Waals surface area contributed by atoms with Gasteiger partial charge in [-0.3, -0.25) is 4.79 Å². The molecule has 0 bridgehead atoms. The van der Waals surface area contributed by atoms with Crippen LogP contribution in [0.4, 0.5) is 0 Å². The van der Waals surface area contributed by atoms with Crippen molar-refractivity contribution in [3.8, 4) is 0 Å². The summed E-state index contributed by atoms with van der Waals surface area (Å²) in [6.45, 7) is 0.642. The Morgan fingerprint density at radius 2 is 2.22 bits per heavy atom. The van der Waals surface area contributed by atoms with Crippen LogP contribution in [-0.2, 0) is 4.79 Å². The smallest absolute Gasteiger partial charge is 0.165 e. The predicted octanol–water partition coefficient (Wildman–Crippen LogP) is -0.233. The first-order chi connectivity index (χ1) is 4.31. The minimum atomic E-state index is 0.295. The van der Waals surface area contributed by atoms with Gasteiger partial charge in [-0.25, -0.2) is 0 Å². The average molecular weight is 128 g/mol. The summed E-state index contributed by atoms with van der Waals surface area (Å²) >= 11 is 0. The van der Waals surface area contributed by atoms with Gasteiger partial charge in [0, 0.05) is 0 Å². The van der Waals surface area contributed by atoms with Gasteiger partial charge in [-0.15, -0.1) is 0 Å². The molecule has 0 aliphatic carbocycles. The van der Waals surface area contributed by atoms with E-state index in [0.717, 1.165) is 12.8 Å². The Labute approximate surface area is 54.7 Å². The summed E-state index contributed by atoms with van der Waals surface area (Å²) in [6.07, 6.45) is 3.99. The van der Waals surface area contributed by atoms with Gasteiger partial charge < -0.3 is 11.5 Å². The first kappa shape index (κ1) is 8.17. The fourth-order valence-electron chi connectivity index (χ4n) is 0.435. The number of allylic oxidation sites excluding steroid dienone is 2. The summed E-state index contributed by atoms with van der Waals surface area (Å²) in [5.41, 5.74) is 10.7. The van der Waals surface area contributed by atoms with E-state index in [0.29, 0.717) is 18.5 Å². The molecule has 0 spiro atoms. The van der Waals surface area contributed by atoms with Crippen molar-refractivity contribution in [3.63, 3.8) is 0 Å². The van der Waals surface area contributed by atoms with E-state index in [1.54, 1.807) is 6.08 Å². The summed E-state index contributed by atoms with van der Waals surface area (Å²) in [5, 5.41) is 0. The van der Waals surface area contributed by atoms with Gasteiger partial charge in [0.05, 0.1) is 5.70 Å². The zero-order chi connectivity index (χ0) is 7.11. The molecule has 0 aliphatic heterocycles. The zero-order valence-corrected chi connectivity index (χ0v) is 5.34. The lowest BCUT2D eigenvalue weighted by Gasteiger charge is -1.89. The van der Waals surface area contributed by atoms with E-state index < -0.39 is 0 Å². The summed E-state index contributed by atoms with van der Waals surface area (Å²) in [6, 6.07) is 0. The van der Waals surface area contributed by atoms with Crippen LogP contribution in [-0.4, -0.2) is 12.8 Å². The fourth-order valence-corrected chi connectivity index (χ4v) is 0.435. The lowest BCUT2D eigenvalue weighted by Crippen LogP contribution is -2.00. The molecule has 0 radical (unpaired) electrons. The summed E-state index contributed by atoms with van der Waals surface area (Å²) in [5.74, 6) is 0. The third kappa shape index (κ3) is 5.03. The van der Waals surface area contributed by atoms with Crippen molar-refractivity contribution in [2.45, 2.75) is 12.8 Å². The van der Waals surface area contributed by atoms with Crippen LogP contribution in [0.1, 0.15) is 12.8 Å². The molecule has 0 aliphatic rings. The van der Waals surface area contributed by atoms with E-state index in [4.69, 9.17) is 11.5 Å². The first-order valence-corrected chi connectivity index (χ1v) is 2.92. The molecule has 0 amide bonds. The van der Waals surface area contributed by atoms with E-state index in [2.05, 4.69) is 0 Å². The molecule has 0 heterocycles. The monoisotopic (exact) mass is 128 g/mol. The molecule has 52 valence electrons. The number of aldehydes is 1. The molecule has 9 heavy (non-hydrogen) atoms. The fraction of sp³-hybridized carbons (Fsp3) is 0.500. The van der Waals surface area contributed by atoms with Crippen LogP contribution in [0.3, 0.4) is 0 Å². The SMILES string of the molecule is NCCCC=C(N)C=O. The molecule has 0 saturated heterocycles. The molecule has 4 N–H and O–H groups in total. The van der Waals surface area contributed by atoms with Crippen molar-refractivity contribution in [2.24, 2.45) is 11.5 Å². The molecule has 0 aromatic rings. The Morgan fingerprint density at radius 3 is 2.67 bits per heavy atom. The molecule has 0 atom stereocenters. The largest absolute Gasteiger partial charge is 0.396 e. The summed E-state index contributed by atoms with van der Waals surface area (Å²) < 4.78 is 0. The number of carbonyl (C=O) groups is 1. The maximum Gasteiger partial charge on any atom is 0.165 e. The van der Waals surface area contributed by atoms with Gasteiger partial charge in [0.15, 0.2) is 6.29 Å². The Bertz CT molecular complexity index is 110. The topological polar surface area (TPSA) is 69.1 Å². The van der Waals surface area contributed by atoms with E-state index in [9.17, 15) is 4.79 Å². The highest BCUT2D eigenvalue weighted by atomic mass is 16.1. The third-order valence-electron chi connectivity index (χ3n) is 0.924. The van der Waals surface area contributed by atoms with Crippen LogP contribution in [0.15, 0.2) is 11.8 Å². The normalized spacial score (nSPS) is 11.4. The molecule has 0 saturated carbocycles. The quantitative estimate of drug-likeness (QED) is 0.312. The van der Waals surface area contributed by atoms with E-state index >= 15 is 0 Å². The predicted molar refractivity (Wildman–Crippen MR) is 36.6 cm³/mol. The van der Waals surface area contributed by atoms with Crippen molar-refractivity contribution in [1.82, 2.24) is 0 Å². The maximum atomic E-state index is 9.87. The van der Waals surface area contributed by atoms with Crippen molar-refractivity contribution < 1.29 is 4.79 Å². The van der Waals surface area contributed by atoms with Crippen LogP contribution in [0, 0.1) is 0 Å². The lowest BCUT2D eigenvalue weighted by molar-refractivity contribution is -0.105. The van der Waals surface area contributed by atoms with Gasteiger partial charge in [0.1, 0.15) is 0 Å². The molecule has 3 heteroatoms. The summed E-state index contributed by atoms with van der Waals surface area (Å²) in [7, 11) is 0. The van der Waals surface area contributed by atoms with Gasteiger partial charge in [-0.1, -0.05) is 6.08 Å². The molecular weight excluding hydrogens is 116 g/mol. The highest BCUT2D eigenvalue weighted by Crippen LogP contribution is 1.88. The molecule has 0 rings (SSSR count). The second-order valence-corrected chi connectivity index (χ2v) is 1.75. The third-order valence-corrected chi connectivity index (χ3v) is 0.924. The van der Waals surface area contributed by atoms with Crippen molar-refractivity contribution >= 4 is 6.29 Å². The Morgan fingerprint density at radius 1 is 1.56 bits per heavy atom. The molecule has 0 fully saturated rings. The average Bonchev–Trinajstić information content (AvgIpc) is 1.89. The molecule has 0 aromatic carbocycles. The van der Waals surface area contributed by atoms with Crippen molar-refractivity contribution in [3.05, 3.63) is 11.8 Å². The lowest BCUT2D eigenvalue weighted by atomic mass is 10.3. The van der Waals surface area contributed by atoms with Gasteiger partial charge >= 0.3 is 0 Å². The molecule has 0 unspecified atom stereocenters. The Hall–Kier alpha value is -0.830. The van der Waals surface area contributed by atoms with Crippen LogP contribution in [0.5, 0.6) is 0 Å². The number of nitrogens with two attached hydrogens (primary N) is 2. The number of hydrogen-bond acceptors (Lipinski definition) is 3. The minimum Gasteiger partial charge on any atom is -0.396 e. The molecular formula is C6H12N2O. The Kier molecular flexibility index (Phi) is 4.82. The molecule has 3 nitrogen and oxygen atoms in total. The summed E-state index contributed by atoms with van der Waals surface area (Å²) in [4.78, 5) is 9.87.